The Hall–Kier alpha value is -0.830. The van der Waals surface area contributed by atoms with Crippen LogP contribution in [0.25, 0.3) is 0 Å². The third-order valence-electron chi connectivity index (χ3n) is 2.88. The minimum Gasteiger partial charge on any atom is -0.445 e. The molecule has 0 radical (unpaired) electrons. The summed E-state index contributed by atoms with van der Waals surface area (Å²) in [4.78, 5) is 4.28. The number of rotatable bonds is 3. The lowest BCUT2D eigenvalue weighted by atomic mass is 9.89. The average molecular weight is 195 g/mol. The van der Waals surface area contributed by atoms with Crippen molar-refractivity contribution >= 4 is 0 Å². The third kappa shape index (κ3) is 2.15. The molecule has 0 spiro atoms. The van der Waals surface area contributed by atoms with Crippen LogP contribution in [0.3, 0.4) is 0 Å². The number of nitrogens with zero attached hydrogens (tertiary/aromatic N) is 1. The van der Waals surface area contributed by atoms with Crippen LogP contribution < -0.4 is 0 Å². The van der Waals surface area contributed by atoms with Gasteiger partial charge in [0.15, 0.2) is 5.89 Å². The van der Waals surface area contributed by atoms with Crippen LogP contribution in [0.1, 0.15) is 49.7 Å². The standard InChI is InChI=1S/C11H17NO2/c13-7-6-10-8-12-11(14-10)9-4-2-1-3-5-9/h8-9,13H,1-7H2. The van der Waals surface area contributed by atoms with Gasteiger partial charge in [-0.15, -0.1) is 0 Å². The van der Waals surface area contributed by atoms with E-state index in [0.717, 1.165) is 11.7 Å². The van der Waals surface area contributed by atoms with E-state index in [-0.39, 0.29) is 6.61 Å². The minimum atomic E-state index is 0.138. The van der Waals surface area contributed by atoms with Gasteiger partial charge in [-0.1, -0.05) is 19.3 Å². The molecule has 0 bridgehead atoms. The van der Waals surface area contributed by atoms with Gasteiger partial charge in [0.1, 0.15) is 5.76 Å². The molecular weight excluding hydrogens is 178 g/mol. The molecule has 3 heteroatoms. The Morgan fingerprint density at radius 1 is 1.36 bits per heavy atom. The summed E-state index contributed by atoms with van der Waals surface area (Å²) in [5.41, 5.74) is 0. The van der Waals surface area contributed by atoms with Crippen LogP contribution in [0.4, 0.5) is 0 Å². The molecule has 0 saturated heterocycles. The van der Waals surface area contributed by atoms with Crippen LogP contribution in [0, 0.1) is 0 Å². The van der Waals surface area contributed by atoms with Crippen molar-refractivity contribution < 1.29 is 9.52 Å². The highest BCUT2D eigenvalue weighted by Gasteiger charge is 2.19. The predicted molar refractivity (Wildman–Crippen MR) is 53.1 cm³/mol. The molecule has 0 aromatic carbocycles. The van der Waals surface area contributed by atoms with Crippen LogP contribution in [0.2, 0.25) is 0 Å². The van der Waals surface area contributed by atoms with Gasteiger partial charge >= 0.3 is 0 Å². The smallest absolute Gasteiger partial charge is 0.197 e. The van der Waals surface area contributed by atoms with E-state index in [9.17, 15) is 0 Å². The predicted octanol–water partition coefficient (Wildman–Crippen LogP) is 2.26. The van der Waals surface area contributed by atoms with Gasteiger partial charge in [-0.2, -0.15) is 0 Å². The summed E-state index contributed by atoms with van der Waals surface area (Å²) in [5, 5.41) is 8.75. The Balaban J connectivity index is 2.00. The van der Waals surface area contributed by atoms with Crippen molar-refractivity contribution in [2.45, 2.75) is 44.4 Å². The Morgan fingerprint density at radius 2 is 2.14 bits per heavy atom. The lowest BCUT2D eigenvalue weighted by molar-refractivity contribution is 0.281. The quantitative estimate of drug-likeness (QED) is 0.804. The first-order chi connectivity index (χ1) is 6.90. The van der Waals surface area contributed by atoms with E-state index in [1.807, 2.05) is 0 Å². The highest BCUT2D eigenvalue weighted by molar-refractivity contribution is 5.00. The number of hydrogen-bond donors (Lipinski definition) is 1. The van der Waals surface area contributed by atoms with Gasteiger partial charge < -0.3 is 9.52 Å². The molecule has 3 nitrogen and oxygen atoms in total. The van der Waals surface area contributed by atoms with Gasteiger partial charge in [0.25, 0.3) is 0 Å². The van der Waals surface area contributed by atoms with Crippen LogP contribution >= 0.6 is 0 Å². The van der Waals surface area contributed by atoms with Crippen molar-refractivity contribution in [1.82, 2.24) is 4.98 Å². The van der Waals surface area contributed by atoms with E-state index in [1.54, 1.807) is 6.20 Å². The zero-order valence-electron chi connectivity index (χ0n) is 8.41. The molecule has 0 amide bonds. The SMILES string of the molecule is OCCc1cnc(C2CCCCC2)o1. The molecule has 0 atom stereocenters. The van der Waals surface area contributed by atoms with Crippen LogP contribution in [0.15, 0.2) is 10.6 Å². The van der Waals surface area contributed by atoms with Crippen molar-refractivity contribution in [2.75, 3.05) is 6.61 Å². The highest BCUT2D eigenvalue weighted by atomic mass is 16.4. The average Bonchev–Trinajstić information content (AvgIpc) is 2.68. The number of oxazole rings is 1. The molecule has 1 N–H and O–H groups in total. The molecule has 14 heavy (non-hydrogen) atoms. The maximum atomic E-state index is 8.75. The van der Waals surface area contributed by atoms with Crippen molar-refractivity contribution in [2.24, 2.45) is 0 Å². The second-order valence-electron chi connectivity index (χ2n) is 3.97. The maximum absolute atomic E-state index is 8.75. The molecule has 0 unspecified atom stereocenters. The molecule has 1 aliphatic carbocycles. The summed E-state index contributed by atoms with van der Waals surface area (Å²) in [5.74, 6) is 2.22. The molecule has 0 aliphatic heterocycles. The fourth-order valence-electron chi connectivity index (χ4n) is 2.09. The molecule has 2 rings (SSSR count). The maximum Gasteiger partial charge on any atom is 0.197 e. The van der Waals surface area contributed by atoms with Gasteiger partial charge in [0.05, 0.1) is 12.8 Å². The summed E-state index contributed by atoms with van der Waals surface area (Å²) >= 11 is 0. The fraction of sp³-hybridized carbons (Fsp3) is 0.727. The van der Waals surface area contributed by atoms with Crippen molar-refractivity contribution in [1.29, 1.82) is 0 Å². The van der Waals surface area contributed by atoms with Crippen LogP contribution in [-0.2, 0) is 6.42 Å². The Bertz CT molecular complexity index is 277. The summed E-state index contributed by atoms with van der Waals surface area (Å²) in [6.45, 7) is 0.138. The molecule has 1 fully saturated rings. The van der Waals surface area contributed by atoms with E-state index in [4.69, 9.17) is 9.52 Å². The largest absolute Gasteiger partial charge is 0.445 e. The molecule has 1 saturated carbocycles. The molecule has 78 valence electrons. The van der Waals surface area contributed by atoms with Gasteiger partial charge in [-0.3, -0.25) is 0 Å². The molecular formula is C11H17NO2. The summed E-state index contributed by atoms with van der Waals surface area (Å²) in [7, 11) is 0. The zero-order chi connectivity index (χ0) is 9.80. The van der Waals surface area contributed by atoms with E-state index in [0.29, 0.717) is 12.3 Å². The fourth-order valence-corrected chi connectivity index (χ4v) is 2.09. The second kappa shape index (κ2) is 4.60. The molecule has 1 aromatic rings. The Kier molecular flexibility index (Phi) is 3.19. The van der Waals surface area contributed by atoms with Crippen LogP contribution in [-0.4, -0.2) is 16.7 Å². The summed E-state index contributed by atoms with van der Waals surface area (Å²) in [6, 6.07) is 0. The van der Waals surface area contributed by atoms with E-state index in [1.165, 1.54) is 32.1 Å². The van der Waals surface area contributed by atoms with E-state index in [2.05, 4.69) is 4.98 Å². The normalized spacial score (nSPS) is 18.6. The zero-order valence-corrected chi connectivity index (χ0v) is 8.41. The molecule has 1 heterocycles. The Morgan fingerprint density at radius 3 is 2.86 bits per heavy atom. The van der Waals surface area contributed by atoms with E-state index < -0.39 is 0 Å². The summed E-state index contributed by atoms with van der Waals surface area (Å²) in [6.07, 6.45) is 8.68. The Labute approximate surface area is 84.2 Å². The number of aliphatic hydroxyl groups is 1. The topological polar surface area (TPSA) is 46.3 Å². The van der Waals surface area contributed by atoms with Crippen molar-refractivity contribution in [3.63, 3.8) is 0 Å². The van der Waals surface area contributed by atoms with Crippen LogP contribution in [0.5, 0.6) is 0 Å². The van der Waals surface area contributed by atoms with Gasteiger partial charge in [0, 0.05) is 12.3 Å². The number of hydrogen-bond acceptors (Lipinski definition) is 3. The van der Waals surface area contributed by atoms with Gasteiger partial charge in [-0.05, 0) is 12.8 Å². The third-order valence-corrected chi connectivity index (χ3v) is 2.88. The van der Waals surface area contributed by atoms with Crippen molar-refractivity contribution in [3.05, 3.63) is 17.8 Å². The monoisotopic (exact) mass is 195 g/mol. The number of aliphatic hydroxyl groups excluding tert-OH is 1. The first-order valence-corrected chi connectivity index (χ1v) is 5.45. The van der Waals surface area contributed by atoms with Gasteiger partial charge in [0.2, 0.25) is 0 Å². The number of aromatic nitrogens is 1. The first-order valence-electron chi connectivity index (χ1n) is 5.45. The van der Waals surface area contributed by atoms with E-state index >= 15 is 0 Å². The lowest BCUT2D eigenvalue weighted by Gasteiger charge is -2.17. The van der Waals surface area contributed by atoms with Gasteiger partial charge in [-0.25, -0.2) is 4.98 Å². The lowest BCUT2D eigenvalue weighted by Crippen LogP contribution is -2.04. The highest BCUT2D eigenvalue weighted by Crippen LogP contribution is 2.32. The molecule has 1 aromatic heterocycles. The minimum absolute atomic E-state index is 0.138. The molecule has 1 aliphatic rings. The summed E-state index contributed by atoms with van der Waals surface area (Å²) < 4.78 is 5.59. The first kappa shape index (κ1) is 9.71. The van der Waals surface area contributed by atoms with Crippen molar-refractivity contribution in [3.8, 4) is 0 Å². The second-order valence-corrected chi connectivity index (χ2v) is 3.97.